The number of aryl methyl sites for hydroxylation is 1. The number of nitrogens with zero attached hydrogens (tertiary/aromatic N) is 1. The Labute approximate surface area is 109 Å². The van der Waals surface area contributed by atoms with Crippen molar-refractivity contribution in [3.63, 3.8) is 0 Å². The van der Waals surface area contributed by atoms with Crippen molar-refractivity contribution in [1.29, 1.82) is 0 Å². The zero-order valence-electron chi connectivity index (χ0n) is 10.3. The molecule has 1 aromatic heterocycles. The van der Waals surface area contributed by atoms with E-state index in [4.69, 9.17) is 9.84 Å². The number of hydrogen-bond donors (Lipinski definition) is 1. The summed E-state index contributed by atoms with van der Waals surface area (Å²) in [5.41, 5.74) is 1.46. The first kappa shape index (κ1) is 13.0. The van der Waals surface area contributed by atoms with Crippen LogP contribution in [-0.4, -0.2) is 16.1 Å². The topological polar surface area (TPSA) is 59.4 Å². The summed E-state index contributed by atoms with van der Waals surface area (Å²) in [4.78, 5) is 14.8. The predicted octanol–water partition coefficient (Wildman–Crippen LogP) is 2.81. The van der Waals surface area contributed by atoms with E-state index in [1.165, 1.54) is 18.3 Å². The Bertz CT molecular complexity index is 613. The van der Waals surface area contributed by atoms with Crippen LogP contribution in [0.15, 0.2) is 36.7 Å². The average molecular weight is 261 g/mol. The molecule has 2 aromatic rings. The fraction of sp³-hybridized carbons (Fsp3) is 0.143. The molecule has 0 atom stereocenters. The third kappa shape index (κ3) is 3.28. The van der Waals surface area contributed by atoms with Gasteiger partial charge in [-0.2, -0.15) is 0 Å². The van der Waals surface area contributed by atoms with Crippen LogP contribution in [0.5, 0.6) is 5.75 Å². The molecule has 0 fully saturated rings. The van der Waals surface area contributed by atoms with Crippen molar-refractivity contribution < 1.29 is 19.0 Å². The summed E-state index contributed by atoms with van der Waals surface area (Å²) in [6.45, 7) is 1.86. The zero-order chi connectivity index (χ0) is 13.8. The SMILES string of the molecule is Cc1ccc(OCc2cncc(F)c2)c(C(=O)O)c1. The first-order valence-electron chi connectivity index (χ1n) is 5.62. The molecule has 2 rings (SSSR count). The Morgan fingerprint density at radius 1 is 1.37 bits per heavy atom. The Morgan fingerprint density at radius 3 is 2.84 bits per heavy atom. The average Bonchev–Trinajstić information content (AvgIpc) is 2.37. The van der Waals surface area contributed by atoms with E-state index in [-0.39, 0.29) is 17.9 Å². The van der Waals surface area contributed by atoms with Crippen LogP contribution in [0.4, 0.5) is 4.39 Å². The highest BCUT2D eigenvalue weighted by Crippen LogP contribution is 2.21. The van der Waals surface area contributed by atoms with E-state index in [1.54, 1.807) is 19.1 Å². The first-order chi connectivity index (χ1) is 9.06. The number of carboxylic acids is 1. The van der Waals surface area contributed by atoms with Gasteiger partial charge < -0.3 is 9.84 Å². The molecule has 0 unspecified atom stereocenters. The fourth-order valence-electron chi connectivity index (χ4n) is 1.63. The molecule has 5 heteroatoms. The third-order valence-corrected chi connectivity index (χ3v) is 2.52. The molecule has 1 aromatic carbocycles. The Hall–Kier alpha value is -2.43. The predicted molar refractivity (Wildman–Crippen MR) is 66.7 cm³/mol. The summed E-state index contributed by atoms with van der Waals surface area (Å²) in [7, 11) is 0. The molecule has 98 valence electrons. The molecule has 1 heterocycles. The van der Waals surface area contributed by atoms with Crippen LogP contribution in [0.25, 0.3) is 0 Å². The molecule has 0 saturated heterocycles. The Morgan fingerprint density at radius 2 is 2.16 bits per heavy atom. The molecular formula is C14H12FNO3. The van der Waals surface area contributed by atoms with Crippen LogP contribution in [0.1, 0.15) is 21.5 Å². The van der Waals surface area contributed by atoms with E-state index < -0.39 is 11.8 Å². The number of carboxylic acid groups (broad SMARTS) is 1. The minimum absolute atomic E-state index is 0.0636. The van der Waals surface area contributed by atoms with Gasteiger partial charge in [-0.3, -0.25) is 4.98 Å². The summed E-state index contributed by atoms with van der Waals surface area (Å²) < 4.78 is 18.3. The van der Waals surface area contributed by atoms with Gasteiger partial charge in [0.15, 0.2) is 0 Å². The monoisotopic (exact) mass is 261 g/mol. The number of pyridine rings is 1. The first-order valence-corrected chi connectivity index (χ1v) is 5.62. The molecule has 0 saturated carbocycles. The Balaban J connectivity index is 2.17. The van der Waals surface area contributed by atoms with Crippen LogP contribution in [0.2, 0.25) is 0 Å². The summed E-state index contributed by atoms with van der Waals surface area (Å²) >= 11 is 0. The quantitative estimate of drug-likeness (QED) is 0.919. The summed E-state index contributed by atoms with van der Waals surface area (Å²) in [6.07, 6.45) is 2.57. The molecule has 0 aliphatic heterocycles. The lowest BCUT2D eigenvalue weighted by atomic mass is 10.1. The number of carbonyl (C=O) groups is 1. The molecular weight excluding hydrogens is 249 g/mol. The van der Waals surface area contributed by atoms with Gasteiger partial charge in [-0.15, -0.1) is 0 Å². The molecule has 19 heavy (non-hydrogen) atoms. The maximum atomic E-state index is 12.9. The molecule has 1 N–H and O–H groups in total. The number of rotatable bonds is 4. The van der Waals surface area contributed by atoms with Crippen molar-refractivity contribution in [3.8, 4) is 5.75 Å². The molecule has 0 aliphatic rings. The van der Waals surface area contributed by atoms with Crippen LogP contribution < -0.4 is 4.74 Å². The highest BCUT2D eigenvalue weighted by Gasteiger charge is 2.11. The molecule has 0 spiro atoms. The van der Waals surface area contributed by atoms with Gasteiger partial charge in [-0.05, 0) is 25.1 Å². The molecule has 4 nitrogen and oxygen atoms in total. The van der Waals surface area contributed by atoms with E-state index in [0.29, 0.717) is 5.56 Å². The van der Waals surface area contributed by atoms with E-state index in [2.05, 4.69) is 4.98 Å². The van der Waals surface area contributed by atoms with Crippen molar-refractivity contribution in [1.82, 2.24) is 4.98 Å². The van der Waals surface area contributed by atoms with Crippen molar-refractivity contribution in [3.05, 3.63) is 59.2 Å². The minimum atomic E-state index is -1.06. The van der Waals surface area contributed by atoms with Gasteiger partial charge in [0, 0.05) is 11.8 Å². The Kier molecular flexibility index (Phi) is 3.75. The minimum Gasteiger partial charge on any atom is -0.488 e. The van der Waals surface area contributed by atoms with E-state index in [1.807, 2.05) is 0 Å². The molecule has 0 radical (unpaired) electrons. The lowest BCUT2D eigenvalue weighted by Crippen LogP contribution is -2.04. The molecule has 0 bridgehead atoms. The second-order valence-electron chi connectivity index (χ2n) is 4.10. The van der Waals surface area contributed by atoms with Gasteiger partial charge in [0.2, 0.25) is 0 Å². The third-order valence-electron chi connectivity index (χ3n) is 2.52. The van der Waals surface area contributed by atoms with Crippen LogP contribution in [0.3, 0.4) is 0 Å². The molecule has 0 amide bonds. The smallest absolute Gasteiger partial charge is 0.339 e. The highest BCUT2D eigenvalue weighted by molar-refractivity contribution is 5.91. The number of aromatic nitrogens is 1. The lowest BCUT2D eigenvalue weighted by Gasteiger charge is -2.09. The number of aromatic carboxylic acids is 1. The normalized spacial score (nSPS) is 10.2. The fourth-order valence-corrected chi connectivity index (χ4v) is 1.63. The van der Waals surface area contributed by atoms with Gasteiger partial charge in [0.25, 0.3) is 0 Å². The van der Waals surface area contributed by atoms with Crippen molar-refractivity contribution >= 4 is 5.97 Å². The zero-order valence-corrected chi connectivity index (χ0v) is 10.3. The number of benzene rings is 1. The van der Waals surface area contributed by atoms with Gasteiger partial charge >= 0.3 is 5.97 Å². The largest absolute Gasteiger partial charge is 0.488 e. The molecule has 0 aliphatic carbocycles. The van der Waals surface area contributed by atoms with Crippen LogP contribution in [-0.2, 0) is 6.61 Å². The summed E-state index contributed by atoms with van der Waals surface area (Å²) in [6, 6.07) is 6.17. The highest BCUT2D eigenvalue weighted by atomic mass is 19.1. The van der Waals surface area contributed by atoms with E-state index in [0.717, 1.165) is 11.8 Å². The van der Waals surface area contributed by atoms with Crippen molar-refractivity contribution in [2.24, 2.45) is 0 Å². The summed E-state index contributed by atoms with van der Waals surface area (Å²) in [5, 5.41) is 9.08. The van der Waals surface area contributed by atoms with Crippen LogP contribution >= 0.6 is 0 Å². The number of halogens is 1. The van der Waals surface area contributed by atoms with Crippen molar-refractivity contribution in [2.45, 2.75) is 13.5 Å². The van der Waals surface area contributed by atoms with Crippen LogP contribution in [0, 0.1) is 12.7 Å². The maximum absolute atomic E-state index is 12.9. The second kappa shape index (κ2) is 5.48. The van der Waals surface area contributed by atoms with Crippen molar-refractivity contribution in [2.75, 3.05) is 0 Å². The number of ether oxygens (including phenoxy) is 1. The van der Waals surface area contributed by atoms with Gasteiger partial charge in [-0.1, -0.05) is 11.6 Å². The second-order valence-corrected chi connectivity index (χ2v) is 4.10. The standard InChI is InChI=1S/C14H12FNO3/c1-9-2-3-13(12(4-9)14(17)18)19-8-10-5-11(15)7-16-6-10/h2-7H,8H2,1H3,(H,17,18). The van der Waals surface area contributed by atoms with Gasteiger partial charge in [0.05, 0.1) is 6.20 Å². The summed E-state index contributed by atoms with van der Waals surface area (Å²) in [5.74, 6) is -1.26. The maximum Gasteiger partial charge on any atom is 0.339 e. The van der Waals surface area contributed by atoms with Gasteiger partial charge in [0.1, 0.15) is 23.7 Å². The van der Waals surface area contributed by atoms with E-state index >= 15 is 0 Å². The van der Waals surface area contributed by atoms with E-state index in [9.17, 15) is 9.18 Å². The lowest BCUT2D eigenvalue weighted by molar-refractivity contribution is 0.0691. The number of hydrogen-bond acceptors (Lipinski definition) is 3. The van der Waals surface area contributed by atoms with Gasteiger partial charge in [-0.25, -0.2) is 9.18 Å².